The number of benzene rings is 1. The number of nitrogens with zero attached hydrogens (tertiary/aromatic N) is 3. The number of nitrogens with two attached hydrogens (primary N) is 1. The quantitative estimate of drug-likeness (QED) is 0.703. The van der Waals surface area contributed by atoms with Crippen molar-refractivity contribution in [1.82, 2.24) is 14.9 Å². The van der Waals surface area contributed by atoms with Gasteiger partial charge in [0.15, 0.2) is 0 Å². The summed E-state index contributed by atoms with van der Waals surface area (Å²) in [6, 6.07) is 11.8. The van der Waals surface area contributed by atoms with Gasteiger partial charge in [0.05, 0.1) is 12.0 Å². The Bertz CT molecular complexity index is 1010. The number of anilines is 2. The summed E-state index contributed by atoms with van der Waals surface area (Å²) in [6.07, 6.45) is 6.36. The van der Waals surface area contributed by atoms with E-state index in [9.17, 15) is 4.79 Å². The summed E-state index contributed by atoms with van der Waals surface area (Å²) < 4.78 is 0. The van der Waals surface area contributed by atoms with E-state index in [0.29, 0.717) is 12.1 Å². The van der Waals surface area contributed by atoms with Crippen molar-refractivity contribution in [2.75, 3.05) is 30.3 Å². The van der Waals surface area contributed by atoms with E-state index in [1.165, 1.54) is 5.69 Å². The van der Waals surface area contributed by atoms with Crippen LogP contribution in [0, 0.1) is 0 Å². The van der Waals surface area contributed by atoms with Crippen LogP contribution in [0.3, 0.4) is 0 Å². The third-order valence-electron chi connectivity index (χ3n) is 5.86. The van der Waals surface area contributed by atoms with Gasteiger partial charge < -0.3 is 20.5 Å². The number of nitrogen functional groups attached to an aromatic ring is 1. The Labute approximate surface area is 158 Å². The predicted molar refractivity (Wildman–Crippen MR) is 107 cm³/mol. The smallest absolute Gasteiger partial charge is 0.227 e. The van der Waals surface area contributed by atoms with Crippen molar-refractivity contribution in [3.63, 3.8) is 0 Å². The molecule has 0 bridgehead atoms. The van der Waals surface area contributed by atoms with Crippen molar-refractivity contribution in [2.45, 2.75) is 24.8 Å². The lowest BCUT2D eigenvalue weighted by Crippen LogP contribution is -2.57. The highest BCUT2D eigenvalue weighted by Gasteiger charge is 2.53. The number of hydrogen-bond donors (Lipinski definition) is 2. The number of amides is 1. The highest BCUT2D eigenvalue weighted by Crippen LogP contribution is 2.46. The van der Waals surface area contributed by atoms with Gasteiger partial charge in [0.1, 0.15) is 5.65 Å². The van der Waals surface area contributed by atoms with Gasteiger partial charge in [-0.25, -0.2) is 4.98 Å². The molecule has 2 aromatic heterocycles. The van der Waals surface area contributed by atoms with E-state index in [0.717, 1.165) is 49.1 Å². The number of aromatic amines is 1. The average Bonchev–Trinajstić information content (AvgIpc) is 3.24. The van der Waals surface area contributed by atoms with Gasteiger partial charge in [0.25, 0.3) is 0 Å². The predicted octanol–water partition coefficient (Wildman–Crippen LogP) is 2.57. The van der Waals surface area contributed by atoms with Gasteiger partial charge in [-0.15, -0.1) is 0 Å². The number of H-pyrrole nitrogens is 1. The summed E-state index contributed by atoms with van der Waals surface area (Å²) in [5.41, 5.74) is 9.66. The van der Waals surface area contributed by atoms with E-state index in [2.05, 4.69) is 31.9 Å². The number of carbonyl (C=O) groups excluding carboxylic acids is 1. The topological polar surface area (TPSA) is 78.2 Å². The number of pyridine rings is 1. The molecule has 3 aromatic rings. The minimum atomic E-state index is -0.0123. The summed E-state index contributed by atoms with van der Waals surface area (Å²) >= 11 is 0. The molecule has 5 rings (SSSR count). The number of nitrogens with one attached hydrogen (secondary N) is 1. The van der Waals surface area contributed by atoms with Crippen LogP contribution in [0.2, 0.25) is 0 Å². The molecule has 2 aliphatic rings. The molecule has 0 atom stereocenters. The molecule has 1 spiro atoms. The van der Waals surface area contributed by atoms with Crippen molar-refractivity contribution >= 4 is 28.3 Å². The summed E-state index contributed by atoms with van der Waals surface area (Å²) in [7, 11) is 0. The van der Waals surface area contributed by atoms with E-state index < -0.39 is 0 Å². The third-order valence-corrected chi connectivity index (χ3v) is 5.86. The summed E-state index contributed by atoms with van der Waals surface area (Å²) in [6.45, 7) is 2.49. The first-order valence-corrected chi connectivity index (χ1v) is 9.47. The molecule has 1 aliphatic carbocycles. The van der Waals surface area contributed by atoms with Crippen LogP contribution in [-0.2, 0) is 11.2 Å². The lowest BCUT2D eigenvalue weighted by atomic mass is 10.1. The fourth-order valence-corrected chi connectivity index (χ4v) is 4.34. The van der Waals surface area contributed by atoms with Crippen molar-refractivity contribution in [2.24, 2.45) is 0 Å². The second kappa shape index (κ2) is 6.01. The maximum Gasteiger partial charge on any atom is 0.227 e. The first-order chi connectivity index (χ1) is 13.1. The van der Waals surface area contributed by atoms with Gasteiger partial charge in [0, 0.05) is 48.8 Å². The zero-order valence-corrected chi connectivity index (χ0v) is 15.2. The SMILES string of the molecule is Nc1cccc(CC(=O)N2CCN(c3ccnc4[nH]ccc34)CC23CC3)c1. The van der Waals surface area contributed by atoms with Crippen LogP contribution in [-0.4, -0.2) is 45.9 Å². The molecule has 0 radical (unpaired) electrons. The van der Waals surface area contributed by atoms with Gasteiger partial charge in [-0.1, -0.05) is 12.1 Å². The van der Waals surface area contributed by atoms with Gasteiger partial charge in [-0.3, -0.25) is 4.79 Å². The lowest BCUT2D eigenvalue weighted by Gasteiger charge is -2.43. The fraction of sp³-hybridized carbons (Fsp3) is 0.333. The molecule has 1 saturated carbocycles. The molecule has 3 heterocycles. The zero-order valence-electron chi connectivity index (χ0n) is 15.2. The van der Waals surface area contributed by atoms with Crippen LogP contribution < -0.4 is 10.6 Å². The number of fused-ring (bicyclic) bond motifs is 1. The maximum absolute atomic E-state index is 13.0. The van der Waals surface area contributed by atoms with Crippen molar-refractivity contribution in [3.05, 3.63) is 54.4 Å². The minimum Gasteiger partial charge on any atom is -0.399 e. The van der Waals surface area contributed by atoms with E-state index in [1.54, 1.807) is 0 Å². The third kappa shape index (κ3) is 2.81. The van der Waals surface area contributed by atoms with Gasteiger partial charge >= 0.3 is 0 Å². The molecule has 3 N–H and O–H groups in total. The standard InChI is InChI=1S/C21H23N5O/c22-16-3-1-2-15(12-16)13-19(27)26-11-10-25(14-21(26)6-7-21)18-5-9-24-20-17(18)4-8-23-20/h1-5,8-9,12H,6-7,10-11,13-14,22H2,(H,23,24). The number of piperazine rings is 1. The van der Waals surface area contributed by atoms with Crippen molar-refractivity contribution in [1.29, 1.82) is 0 Å². The second-order valence-electron chi connectivity index (χ2n) is 7.68. The first-order valence-electron chi connectivity index (χ1n) is 9.47. The van der Waals surface area contributed by atoms with Gasteiger partial charge in [-0.2, -0.15) is 0 Å². The van der Waals surface area contributed by atoms with Crippen LogP contribution in [0.15, 0.2) is 48.8 Å². The number of hydrogen-bond acceptors (Lipinski definition) is 4. The molecule has 0 unspecified atom stereocenters. The molecular formula is C21H23N5O. The average molecular weight is 361 g/mol. The first kappa shape index (κ1) is 16.2. The molecule has 27 heavy (non-hydrogen) atoms. The highest BCUT2D eigenvalue weighted by atomic mass is 16.2. The monoisotopic (exact) mass is 361 g/mol. The van der Waals surface area contributed by atoms with E-state index in [-0.39, 0.29) is 11.4 Å². The molecule has 1 amide bonds. The molecule has 2 fully saturated rings. The molecule has 1 aromatic carbocycles. The van der Waals surface area contributed by atoms with Crippen LogP contribution in [0.4, 0.5) is 11.4 Å². The molecule has 1 aliphatic heterocycles. The van der Waals surface area contributed by atoms with Crippen molar-refractivity contribution < 1.29 is 4.79 Å². The lowest BCUT2D eigenvalue weighted by molar-refractivity contribution is -0.134. The van der Waals surface area contributed by atoms with E-state index >= 15 is 0 Å². The molecule has 1 saturated heterocycles. The van der Waals surface area contributed by atoms with E-state index in [1.807, 2.05) is 36.7 Å². The van der Waals surface area contributed by atoms with Gasteiger partial charge in [-0.05, 0) is 42.7 Å². The van der Waals surface area contributed by atoms with Crippen molar-refractivity contribution in [3.8, 4) is 0 Å². The van der Waals surface area contributed by atoms with Gasteiger partial charge in [0.2, 0.25) is 5.91 Å². The normalized spacial score (nSPS) is 18.2. The molecule has 6 heteroatoms. The highest BCUT2D eigenvalue weighted by molar-refractivity contribution is 5.90. The fourth-order valence-electron chi connectivity index (χ4n) is 4.34. The second-order valence-corrected chi connectivity index (χ2v) is 7.68. The Hall–Kier alpha value is -3.02. The summed E-state index contributed by atoms with van der Waals surface area (Å²) in [5, 5.41) is 1.15. The maximum atomic E-state index is 13.0. The minimum absolute atomic E-state index is 0.0123. The Kier molecular flexibility index (Phi) is 3.60. The molecule has 6 nitrogen and oxygen atoms in total. The molecule has 138 valence electrons. The Balaban J connectivity index is 1.35. The Morgan fingerprint density at radius 3 is 2.93 bits per heavy atom. The van der Waals surface area contributed by atoms with E-state index in [4.69, 9.17) is 5.73 Å². The number of aromatic nitrogens is 2. The van der Waals surface area contributed by atoms with Crippen LogP contribution in [0.25, 0.3) is 11.0 Å². The zero-order chi connectivity index (χ0) is 18.4. The number of rotatable bonds is 3. The largest absolute Gasteiger partial charge is 0.399 e. The summed E-state index contributed by atoms with van der Waals surface area (Å²) in [4.78, 5) is 25.1. The molecular weight excluding hydrogens is 338 g/mol. The Morgan fingerprint density at radius 1 is 1.22 bits per heavy atom. The number of carbonyl (C=O) groups is 1. The summed E-state index contributed by atoms with van der Waals surface area (Å²) in [5.74, 6) is 0.208. The van der Waals surface area contributed by atoms with Crippen LogP contribution in [0.5, 0.6) is 0 Å². The van der Waals surface area contributed by atoms with Crippen LogP contribution in [0.1, 0.15) is 18.4 Å². The van der Waals surface area contributed by atoms with Crippen LogP contribution >= 0.6 is 0 Å². The Morgan fingerprint density at radius 2 is 2.11 bits per heavy atom.